The smallest absolute Gasteiger partial charge is 0.251 e. The van der Waals surface area contributed by atoms with E-state index in [1.807, 2.05) is 6.92 Å². The van der Waals surface area contributed by atoms with Crippen LogP contribution in [0.4, 0.5) is 5.13 Å². The minimum Gasteiger partial charge on any atom is -0.388 e. The second-order valence-electron chi connectivity index (χ2n) is 4.77. The minimum absolute atomic E-state index is 0.206. The zero-order valence-corrected chi connectivity index (χ0v) is 11.8. The van der Waals surface area contributed by atoms with E-state index in [2.05, 4.69) is 10.3 Å². The summed E-state index contributed by atoms with van der Waals surface area (Å²) in [5, 5.41) is 13.1. The first-order chi connectivity index (χ1) is 8.91. The average molecular weight is 279 g/mol. The van der Waals surface area contributed by atoms with Gasteiger partial charge >= 0.3 is 0 Å². The van der Waals surface area contributed by atoms with E-state index in [9.17, 15) is 9.90 Å². The molecular formula is C13H17N3O2S. The molecule has 2 rings (SSSR count). The van der Waals surface area contributed by atoms with E-state index in [-0.39, 0.29) is 12.5 Å². The lowest BCUT2D eigenvalue weighted by atomic mass is 10.0. The highest BCUT2D eigenvalue weighted by molar-refractivity contribution is 7.22. The Kier molecular flexibility index (Phi) is 3.73. The van der Waals surface area contributed by atoms with Gasteiger partial charge in [-0.05, 0) is 31.5 Å². The van der Waals surface area contributed by atoms with Crippen molar-refractivity contribution in [1.82, 2.24) is 10.3 Å². The van der Waals surface area contributed by atoms with Crippen molar-refractivity contribution in [3.8, 4) is 0 Å². The Balaban J connectivity index is 2.13. The van der Waals surface area contributed by atoms with E-state index in [0.29, 0.717) is 17.1 Å². The molecule has 0 bridgehead atoms. The van der Waals surface area contributed by atoms with Crippen molar-refractivity contribution >= 4 is 32.6 Å². The number of nitrogens with one attached hydrogen (secondary N) is 1. The fourth-order valence-corrected chi connectivity index (χ4v) is 2.35. The van der Waals surface area contributed by atoms with Crippen LogP contribution in [0, 0.1) is 0 Å². The maximum absolute atomic E-state index is 12.0. The number of aliphatic hydroxyl groups is 1. The molecule has 1 atom stereocenters. The molecule has 0 radical (unpaired) electrons. The monoisotopic (exact) mass is 279 g/mol. The van der Waals surface area contributed by atoms with Crippen molar-refractivity contribution in [2.24, 2.45) is 0 Å². The molecule has 1 amide bonds. The Morgan fingerprint density at radius 2 is 2.32 bits per heavy atom. The first-order valence-corrected chi connectivity index (χ1v) is 6.89. The molecule has 0 spiro atoms. The number of thiazole rings is 1. The highest BCUT2D eigenvalue weighted by Crippen LogP contribution is 2.24. The normalized spacial score (nSPS) is 14.3. The van der Waals surface area contributed by atoms with Crippen LogP contribution in [0.25, 0.3) is 10.2 Å². The summed E-state index contributed by atoms with van der Waals surface area (Å²) >= 11 is 1.35. The van der Waals surface area contributed by atoms with Gasteiger partial charge in [0.15, 0.2) is 5.13 Å². The van der Waals surface area contributed by atoms with Crippen LogP contribution in [0.5, 0.6) is 0 Å². The molecule has 0 fully saturated rings. The lowest BCUT2D eigenvalue weighted by molar-refractivity contribution is 0.0518. The molecule has 0 aliphatic carbocycles. The molecule has 0 aliphatic rings. The number of anilines is 1. The summed E-state index contributed by atoms with van der Waals surface area (Å²) in [5.74, 6) is -0.206. The first kappa shape index (κ1) is 13.8. The number of amides is 1. The lowest BCUT2D eigenvalue weighted by Gasteiger charge is -2.21. The van der Waals surface area contributed by atoms with Crippen molar-refractivity contribution in [3.05, 3.63) is 23.8 Å². The maximum Gasteiger partial charge on any atom is 0.251 e. The van der Waals surface area contributed by atoms with Gasteiger partial charge in [-0.25, -0.2) is 4.98 Å². The van der Waals surface area contributed by atoms with Gasteiger partial charge in [-0.2, -0.15) is 0 Å². The van der Waals surface area contributed by atoms with Gasteiger partial charge in [-0.3, -0.25) is 4.79 Å². The van der Waals surface area contributed by atoms with E-state index in [1.54, 1.807) is 25.1 Å². The van der Waals surface area contributed by atoms with Crippen LogP contribution in [-0.4, -0.2) is 28.1 Å². The second kappa shape index (κ2) is 5.14. The van der Waals surface area contributed by atoms with Crippen molar-refractivity contribution in [1.29, 1.82) is 0 Å². The van der Waals surface area contributed by atoms with Gasteiger partial charge in [-0.15, -0.1) is 0 Å². The molecule has 1 aromatic heterocycles. The highest BCUT2D eigenvalue weighted by atomic mass is 32.1. The lowest BCUT2D eigenvalue weighted by Crippen LogP contribution is -2.40. The number of nitrogens with two attached hydrogens (primary N) is 1. The molecule has 5 nitrogen and oxygen atoms in total. The van der Waals surface area contributed by atoms with Gasteiger partial charge in [-0.1, -0.05) is 18.3 Å². The number of nitrogens with zero attached hydrogens (tertiary/aromatic N) is 1. The standard InChI is InChI=1S/C13H17N3O2S/c1-3-13(2,18)7-15-11(17)8-4-5-9-10(6-8)19-12(14)16-9/h4-6,18H,3,7H2,1-2H3,(H2,14,16)(H,15,17). The molecule has 0 saturated heterocycles. The third kappa shape index (κ3) is 3.21. The van der Waals surface area contributed by atoms with Gasteiger partial charge in [0.2, 0.25) is 0 Å². The predicted molar refractivity (Wildman–Crippen MR) is 77.3 cm³/mol. The number of hydrogen-bond acceptors (Lipinski definition) is 5. The summed E-state index contributed by atoms with van der Waals surface area (Å²) in [7, 11) is 0. The fourth-order valence-electron chi connectivity index (χ4n) is 1.58. The quantitative estimate of drug-likeness (QED) is 0.796. The summed E-state index contributed by atoms with van der Waals surface area (Å²) in [6.07, 6.45) is 0.581. The molecule has 4 N–H and O–H groups in total. The van der Waals surface area contributed by atoms with Gasteiger partial charge in [0.1, 0.15) is 0 Å². The van der Waals surface area contributed by atoms with Gasteiger partial charge in [0.05, 0.1) is 15.8 Å². The summed E-state index contributed by atoms with van der Waals surface area (Å²) in [6.45, 7) is 3.80. The topological polar surface area (TPSA) is 88.2 Å². The maximum atomic E-state index is 12.0. The molecule has 0 aliphatic heterocycles. The molecule has 1 heterocycles. The van der Waals surface area contributed by atoms with Crippen molar-refractivity contribution in [2.75, 3.05) is 12.3 Å². The molecule has 102 valence electrons. The number of fused-ring (bicyclic) bond motifs is 1. The Morgan fingerprint density at radius 3 is 3.00 bits per heavy atom. The van der Waals surface area contributed by atoms with Crippen molar-refractivity contribution in [2.45, 2.75) is 25.9 Å². The second-order valence-corrected chi connectivity index (χ2v) is 5.83. The van der Waals surface area contributed by atoms with Crippen molar-refractivity contribution < 1.29 is 9.90 Å². The van der Waals surface area contributed by atoms with E-state index in [0.717, 1.165) is 10.2 Å². The Bertz CT molecular complexity index is 607. The number of nitrogen functional groups attached to an aromatic ring is 1. The van der Waals surface area contributed by atoms with Crippen LogP contribution in [0.3, 0.4) is 0 Å². The zero-order valence-electron chi connectivity index (χ0n) is 10.9. The fraction of sp³-hybridized carbons (Fsp3) is 0.385. The molecule has 19 heavy (non-hydrogen) atoms. The summed E-state index contributed by atoms with van der Waals surface area (Å²) in [6, 6.07) is 5.24. The van der Waals surface area contributed by atoms with E-state index >= 15 is 0 Å². The highest BCUT2D eigenvalue weighted by Gasteiger charge is 2.19. The molecule has 0 saturated carbocycles. The molecule has 1 unspecified atom stereocenters. The Labute approximate surface area is 115 Å². The predicted octanol–water partition coefficient (Wildman–Crippen LogP) is 1.77. The van der Waals surface area contributed by atoms with Gasteiger partial charge < -0.3 is 16.2 Å². The Morgan fingerprint density at radius 1 is 1.58 bits per heavy atom. The van der Waals surface area contributed by atoms with Gasteiger partial charge in [0, 0.05) is 12.1 Å². The number of hydrogen-bond donors (Lipinski definition) is 3. The summed E-state index contributed by atoms with van der Waals surface area (Å²) in [5.41, 5.74) is 6.08. The third-order valence-corrected chi connectivity index (χ3v) is 3.91. The minimum atomic E-state index is -0.880. The summed E-state index contributed by atoms with van der Waals surface area (Å²) < 4.78 is 0.882. The third-order valence-electron chi connectivity index (χ3n) is 3.06. The Hall–Kier alpha value is -1.66. The van der Waals surface area contributed by atoms with E-state index in [1.165, 1.54) is 11.3 Å². The van der Waals surface area contributed by atoms with E-state index < -0.39 is 5.60 Å². The van der Waals surface area contributed by atoms with Crippen molar-refractivity contribution in [3.63, 3.8) is 0 Å². The molecular weight excluding hydrogens is 262 g/mol. The number of carbonyl (C=O) groups excluding carboxylic acids is 1. The first-order valence-electron chi connectivity index (χ1n) is 6.08. The largest absolute Gasteiger partial charge is 0.388 e. The average Bonchev–Trinajstić information content (AvgIpc) is 2.75. The number of aromatic nitrogens is 1. The zero-order chi connectivity index (χ0) is 14.0. The number of benzene rings is 1. The van der Waals surface area contributed by atoms with E-state index in [4.69, 9.17) is 5.73 Å². The number of carbonyl (C=O) groups is 1. The van der Waals surface area contributed by atoms with Crippen LogP contribution >= 0.6 is 11.3 Å². The van der Waals surface area contributed by atoms with Crippen LogP contribution in [-0.2, 0) is 0 Å². The molecule has 6 heteroatoms. The molecule has 2 aromatic rings. The van der Waals surface area contributed by atoms with Crippen LogP contribution in [0.1, 0.15) is 30.6 Å². The molecule has 1 aromatic carbocycles. The summed E-state index contributed by atoms with van der Waals surface area (Å²) in [4.78, 5) is 16.1. The van der Waals surface area contributed by atoms with Crippen LogP contribution in [0.15, 0.2) is 18.2 Å². The van der Waals surface area contributed by atoms with Gasteiger partial charge in [0.25, 0.3) is 5.91 Å². The number of rotatable bonds is 4. The van der Waals surface area contributed by atoms with Crippen LogP contribution < -0.4 is 11.1 Å². The SMILES string of the molecule is CCC(C)(O)CNC(=O)c1ccc2nc(N)sc2c1. The van der Waals surface area contributed by atoms with Crippen LogP contribution in [0.2, 0.25) is 0 Å².